The van der Waals surface area contributed by atoms with E-state index in [-0.39, 0.29) is 11.3 Å². The number of benzene rings is 2. The van der Waals surface area contributed by atoms with E-state index >= 15 is 0 Å². The highest BCUT2D eigenvalue weighted by atomic mass is 32.2. The van der Waals surface area contributed by atoms with Gasteiger partial charge < -0.3 is 14.9 Å². The zero-order valence-corrected chi connectivity index (χ0v) is 15.8. The Morgan fingerprint density at radius 3 is 2.62 bits per heavy atom. The minimum Gasteiger partial charge on any atom is -0.489 e. The van der Waals surface area contributed by atoms with Crippen molar-refractivity contribution < 1.29 is 32.6 Å². The SMILES string of the molecule is O=C(O)C=Cc1cccc2c1OC1CC(O)C(NS(=O)(=O)c3ccc(F)cc3)C21. The number of halogens is 1. The molecule has 4 atom stereocenters. The third kappa shape index (κ3) is 3.64. The summed E-state index contributed by atoms with van der Waals surface area (Å²) in [6.07, 6.45) is 1.22. The van der Waals surface area contributed by atoms with E-state index in [0.717, 1.165) is 30.3 Å². The van der Waals surface area contributed by atoms with E-state index in [0.29, 0.717) is 16.9 Å². The molecule has 2 aliphatic rings. The van der Waals surface area contributed by atoms with Crippen molar-refractivity contribution in [1.29, 1.82) is 0 Å². The number of aliphatic hydroxyl groups excluding tert-OH is 1. The Morgan fingerprint density at radius 1 is 1.21 bits per heavy atom. The number of sulfonamides is 1. The second kappa shape index (κ2) is 7.25. The zero-order valence-electron chi connectivity index (χ0n) is 15.0. The number of carboxylic acid groups (broad SMARTS) is 1. The summed E-state index contributed by atoms with van der Waals surface area (Å²) in [4.78, 5) is 10.7. The number of ether oxygens (including phenoxy) is 1. The lowest BCUT2D eigenvalue weighted by molar-refractivity contribution is -0.131. The van der Waals surface area contributed by atoms with Gasteiger partial charge in [-0.05, 0) is 30.3 Å². The van der Waals surface area contributed by atoms with Crippen LogP contribution in [0.2, 0.25) is 0 Å². The van der Waals surface area contributed by atoms with Crippen LogP contribution in [0.1, 0.15) is 23.5 Å². The lowest BCUT2D eigenvalue weighted by Gasteiger charge is -2.22. The highest BCUT2D eigenvalue weighted by molar-refractivity contribution is 7.89. The average Bonchev–Trinajstić information content (AvgIpc) is 3.16. The van der Waals surface area contributed by atoms with Crippen molar-refractivity contribution in [3.63, 3.8) is 0 Å². The highest BCUT2D eigenvalue weighted by Crippen LogP contribution is 2.49. The molecule has 0 radical (unpaired) electrons. The van der Waals surface area contributed by atoms with Gasteiger partial charge in [0.05, 0.1) is 17.0 Å². The van der Waals surface area contributed by atoms with Crippen LogP contribution in [0.3, 0.4) is 0 Å². The van der Waals surface area contributed by atoms with E-state index in [9.17, 15) is 22.7 Å². The number of fused-ring (bicyclic) bond motifs is 3. The van der Waals surface area contributed by atoms with Crippen LogP contribution in [0.5, 0.6) is 5.75 Å². The van der Waals surface area contributed by atoms with Gasteiger partial charge in [-0.25, -0.2) is 22.3 Å². The molecule has 7 nitrogen and oxygen atoms in total. The molecule has 3 N–H and O–H groups in total. The molecule has 1 saturated carbocycles. The second-order valence-corrected chi connectivity index (χ2v) is 8.74. The Hall–Kier alpha value is -2.75. The monoisotopic (exact) mass is 419 g/mol. The standard InChI is InChI=1S/C20H18FNO6S/c21-12-5-7-13(8-6-12)29(26,27)22-19-15(23)10-16-18(19)14-3-1-2-11(20(14)28-16)4-9-17(24)25/h1-9,15-16,18-19,22-23H,10H2,(H,24,25). The summed E-state index contributed by atoms with van der Waals surface area (Å²) in [5.74, 6) is -1.60. The number of aliphatic hydroxyl groups is 1. The molecule has 4 unspecified atom stereocenters. The fourth-order valence-electron chi connectivity index (χ4n) is 3.95. The molecule has 29 heavy (non-hydrogen) atoms. The van der Waals surface area contributed by atoms with Gasteiger partial charge >= 0.3 is 5.97 Å². The number of carbonyl (C=O) groups is 1. The summed E-state index contributed by atoms with van der Waals surface area (Å²) in [5.41, 5.74) is 1.26. The van der Waals surface area contributed by atoms with Crippen molar-refractivity contribution in [3.8, 4) is 5.75 Å². The van der Waals surface area contributed by atoms with E-state index in [1.165, 1.54) is 6.08 Å². The van der Waals surface area contributed by atoms with Gasteiger partial charge in [0, 0.05) is 29.5 Å². The first-order chi connectivity index (χ1) is 13.8. The topological polar surface area (TPSA) is 113 Å². The molecule has 0 saturated heterocycles. The van der Waals surface area contributed by atoms with Crippen molar-refractivity contribution in [2.24, 2.45) is 0 Å². The molecule has 0 spiro atoms. The van der Waals surface area contributed by atoms with E-state index in [4.69, 9.17) is 9.84 Å². The smallest absolute Gasteiger partial charge is 0.328 e. The van der Waals surface area contributed by atoms with Crippen LogP contribution in [0.4, 0.5) is 4.39 Å². The number of aliphatic carboxylic acids is 1. The molecular weight excluding hydrogens is 401 g/mol. The minimum absolute atomic E-state index is 0.105. The van der Waals surface area contributed by atoms with E-state index in [2.05, 4.69) is 4.72 Å². The number of hydrogen-bond donors (Lipinski definition) is 3. The Balaban J connectivity index is 1.66. The van der Waals surface area contributed by atoms with Crippen molar-refractivity contribution in [2.45, 2.75) is 35.5 Å². The quantitative estimate of drug-likeness (QED) is 0.638. The Bertz CT molecular complexity index is 1080. The fraction of sp³-hybridized carbons (Fsp3) is 0.250. The first-order valence-electron chi connectivity index (χ1n) is 8.93. The minimum atomic E-state index is -3.99. The summed E-state index contributed by atoms with van der Waals surface area (Å²) >= 11 is 0. The van der Waals surface area contributed by atoms with Crippen LogP contribution in [0.15, 0.2) is 53.4 Å². The van der Waals surface area contributed by atoms with Gasteiger partial charge in [0.1, 0.15) is 17.7 Å². The summed E-state index contributed by atoms with van der Waals surface area (Å²) in [7, 11) is -3.99. The number of para-hydroxylation sites is 1. The summed E-state index contributed by atoms with van der Waals surface area (Å²) in [5, 5.41) is 19.3. The molecule has 1 heterocycles. The fourth-order valence-corrected chi connectivity index (χ4v) is 5.24. The normalized spacial score (nSPS) is 25.6. The lowest BCUT2D eigenvalue weighted by atomic mass is 9.93. The van der Waals surface area contributed by atoms with Gasteiger partial charge in [-0.2, -0.15) is 0 Å². The molecule has 1 aliphatic carbocycles. The third-order valence-electron chi connectivity index (χ3n) is 5.20. The molecule has 2 aromatic carbocycles. The van der Waals surface area contributed by atoms with Crippen LogP contribution in [0.25, 0.3) is 6.08 Å². The van der Waals surface area contributed by atoms with Crippen LogP contribution < -0.4 is 9.46 Å². The maximum atomic E-state index is 13.1. The predicted molar refractivity (Wildman–Crippen MR) is 101 cm³/mol. The zero-order chi connectivity index (χ0) is 20.8. The Morgan fingerprint density at radius 2 is 1.93 bits per heavy atom. The van der Waals surface area contributed by atoms with Crippen LogP contribution in [-0.4, -0.2) is 42.8 Å². The number of hydrogen-bond acceptors (Lipinski definition) is 5. The molecule has 1 fully saturated rings. The molecule has 4 rings (SSSR count). The maximum Gasteiger partial charge on any atom is 0.328 e. The van der Waals surface area contributed by atoms with Gasteiger partial charge in [-0.1, -0.05) is 18.2 Å². The van der Waals surface area contributed by atoms with Gasteiger partial charge in [0.2, 0.25) is 10.0 Å². The largest absolute Gasteiger partial charge is 0.489 e. The third-order valence-corrected chi connectivity index (χ3v) is 6.68. The number of carboxylic acids is 1. The lowest BCUT2D eigenvalue weighted by Crippen LogP contribution is -2.43. The maximum absolute atomic E-state index is 13.1. The van der Waals surface area contributed by atoms with Gasteiger partial charge in [0.15, 0.2) is 0 Å². The van der Waals surface area contributed by atoms with Gasteiger partial charge in [0.25, 0.3) is 0 Å². The molecule has 2 aromatic rings. The highest BCUT2D eigenvalue weighted by Gasteiger charge is 2.51. The van der Waals surface area contributed by atoms with Crippen molar-refractivity contribution in [3.05, 3.63) is 65.5 Å². The summed E-state index contributed by atoms with van der Waals surface area (Å²) < 4.78 is 47.0. The summed E-state index contributed by atoms with van der Waals surface area (Å²) in [6.45, 7) is 0. The van der Waals surface area contributed by atoms with Gasteiger partial charge in [-0.3, -0.25) is 0 Å². The molecule has 0 aromatic heterocycles. The molecule has 1 aliphatic heterocycles. The van der Waals surface area contributed by atoms with Crippen LogP contribution >= 0.6 is 0 Å². The van der Waals surface area contributed by atoms with Crippen LogP contribution in [-0.2, 0) is 14.8 Å². The molecule has 9 heteroatoms. The van der Waals surface area contributed by atoms with Gasteiger partial charge in [-0.15, -0.1) is 0 Å². The van der Waals surface area contributed by atoms with E-state index < -0.39 is 46.0 Å². The molecular formula is C20H18FNO6S. The Kier molecular flexibility index (Phi) is 4.89. The predicted octanol–water partition coefficient (Wildman–Crippen LogP) is 1.88. The van der Waals surface area contributed by atoms with Crippen molar-refractivity contribution in [1.82, 2.24) is 4.72 Å². The van der Waals surface area contributed by atoms with Crippen molar-refractivity contribution >= 4 is 22.1 Å². The van der Waals surface area contributed by atoms with E-state index in [1.807, 2.05) is 0 Å². The Labute approximate surface area is 166 Å². The second-order valence-electron chi connectivity index (χ2n) is 7.02. The first kappa shape index (κ1) is 19.6. The van der Waals surface area contributed by atoms with Crippen molar-refractivity contribution in [2.75, 3.05) is 0 Å². The van der Waals surface area contributed by atoms with Crippen LogP contribution in [0, 0.1) is 5.82 Å². The average molecular weight is 419 g/mol. The molecule has 0 bridgehead atoms. The molecule has 152 valence electrons. The number of rotatable bonds is 5. The van der Waals surface area contributed by atoms with E-state index in [1.54, 1.807) is 18.2 Å². The number of nitrogens with one attached hydrogen (secondary N) is 1. The first-order valence-corrected chi connectivity index (χ1v) is 10.4. The molecule has 0 amide bonds. The summed E-state index contributed by atoms with van der Waals surface area (Å²) in [6, 6.07) is 8.78.